The Morgan fingerprint density at radius 3 is 2.73 bits per heavy atom. The van der Waals surface area contributed by atoms with Crippen LogP contribution in [0.3, 0.4) is 0 Å². The van der Waals surface area contributed by atoms with Crippen molar-refractivity contribution >= 4 is 12.4 Å². The lowest BCUT2D eigenvalue weighted by Gasteiger charge is -2.26. The van der Waals surface area contributed by atoms with Crippen molar-refractivity contribution < 1.29 is 15.7 Å². The summed E-state index contributed by atoms with van der Waals surface area (Å²) in [5, 5.41) is 0. The highest BCUT2D eigenvalue weighted by molar-refractivity contribution is 5.74. The van der Waals surface area contributed by atoms with Crippen LogP contribution in [-0.2, 0) is 9.53 Å². The van der Waals surface area contributed by atoms with E-state index in [-0.39, 0.29) is 12.8 Å². The third kappa shape index (κ3) is 3.22. The Kier molecular flexibility index (Phi) is 2.93. The van der Waals surface area contributed by atoms with Crippen LogP contribution >= 0.6 is 0 Å². The summed E-state index contributed by atoms with van der Waals surface area (Å²) in [4.78, 5) is 24.0. The Hall–Kier alpha value is -1.06. The molecule has 1 aliphatic rings. The predicted octanol–water partition coefficient (Wildman–Crippen LogP) is 1.83. The molecule has 15 heavy (non-hydrogen) atoms. The van der Waals surface area contributed by atoms with Crippen LogP contribution in [0.15, 0.2) is 0 Å². The number of aldehydes is 1. The van der Waals surface area contributed by atoms with E-state index in [0.717, 1.165) is 6.29 Å². The van der Waals surface area contributed by atoms with Gasteiger partial charge in [-0.2, -0.15) is 0 Å². The number of hydrogen-bond donors (Lipinski definition) is 0. The van der Waals surface area contributed by atoms with Gasteiger partial charge in [0, 0.05) is 7.92 Å². The number of amides is 1. The molecule has 1 amide bonds. The average molecular weight is 214 g/mol. The first-order chi connectivity index (χ1) is 7.37. The van der Waals surface area contributed by atoms with Crippen LogP contribution in [0, 0.1) is 5.92 Å². The second-order valence-corrected chi connectivity index (χ2v) is 4.94. The van der Waals surface area contributed by atoms with E-state index in [4.69, 9.17) is 6.11 Å². The maximum absolute atomic E-state index is 11.8. The lowest BCUT2D eigenvalue weighted by Crippen LogP contribution is -2.40. The monoisotopic (exact) mass is 214 g/mol. The van der Waals surface area contributed by atoms with Gasteiger partial charge in [0.05, 0.1) is 6.04 Å². The molecule has 1 rings (SSSR count). The maximum atomic E-state index is 11.8. The fraction of sp³-hybridized carbons (Fsp3) is 0.818. The smallest absolute Gasteiger partial charge is 0.410 e. The summed E-state index contributed by atoms with van der Waals surface area (Å²) in [5.41, 5.74) is -0.552. The van der Waals surface area contributed by atoms with Gasteiger partial charge in [-0.3, -0.25) is 4.90 Å². The Morgan fingerprint density at radius 1 is 1.60 bits per heavy atom. The van der Waals surface area contributed by atoms with Gasteiger partial charge in [0.1, 0.15) is 11.9 Å². The Morgan fingerprint density at radius 2 is 2.27 bits per heavy atom. The van der Waals surface area contributed by atoms with Gasteiger partial charge in [0.15, 0.2) is 0 Å². The molecule has 0 aromatic heterocycles. The largest absolute Gasteiger partial charge is 0.444 e. The summed E-state index contributed by atoms with van der Waals surface area (Å²) in [6, 6.07) is -0.426. The molecule has 1 fully saturated rings. The zero-order chi connectivity index (χ0) is 12.3. The van der Waals surface area contributed by atoms with Gasteiger partial charge in [-0.15, -0.1) is 0 Å². The van der Waals surface area contributed by atoms with Gasteiger partial charge in [-0.1, -0.05) is 6.90 Å². The van der Waals surface area contributed by atoms with Crippen LogP contribution in [-0.4, -0.2) is 35.5 Å². The van der Waals surface area contributed by atoms with E-state index in [2.05, 4.69) is 0 Å². The van der Waals surface area contributed by atoms with E-state index in [0.29, 0.717) is 13.0 Å². The van der Waals surface area contributed by atoms with Crippen molar-refractivity contribution in [2.75, 3.05) is 6.54 Å². The minimum absolute atomic E-state index is 0.0859. The van der Waals surface area contributed by atoms with Crippen LogP contribution in [0.2, 0.25) is 0 Å². The van der Waals surface area contributed by atoms with Crippen molar-refractivity contribution in [3.8, 4) is 0 Å². The lowest BCUT2D eigenvalue weighted by atomic mass is 10.1. The quantitative estimate of drug-likeness (QED) is 0.626. The molecule has 1 aliphatic heterocycles. The minimum Gasteiger partial charge on any atom is -0.444 e. The summed E-state index contributed by atoms with van der Waals surface area (Å²) in [6.07, 6.45) is 0.881. The molecular formula is C11H19NO3. The van der Waals surface area contributed by atoms with E-state index in [9.17, 15) is 9.59 Å². The molecule has 0 aromatic carbocycles. The van der Waals surface area contributed by atoms with E-state index in [1.165, 1.54) is 4.90 Å². The zero-order valence-corrected chi connectivity index (χ0v) is 9.53. The molecule has 0 spiro atoms. The summed E-state index contributed by atoms with van der Waals surface area (Å²) in [5.74, 6) is 0.0859. The first-order valence-corrected chi connectivity index (χ1v) is 5.11. The summed E-state index contributed by atoms with van der Waals surface area (Å²) in [6.45, 7) is 6.06. The normalized spacial score (nSPS) is 27.4. The lowest BCUT2D eigenvalue weighted by molar-refractivity contribution is -0.111. The fourth-order valence-corrected chi connectivity index (χ4v) is 1.62. The van der Waals surface area contributed by atoms with Crippen LogP contribution in [0.25, 0.3) is 0 Å². The number of nitrogens with zero attached hydrogens (tertiary/aromatic N) is 1. The molecule has 2 atom stereocenters. The number of likely N-dealkylation sites (tertiary alicyclic amines) is 1. The van der Waals surface area contributed by atoms with Gasteiger partial charge in [-0.05, 0) is 33.1 Å². The molecule has 4 nitrogen and oxygen atoms in total. The number of carbonyl (C=O) groups is 2. The Balaban J connectivity index is 2.64. The number of ether oxygens (including phenoxy) is 1. The number of carbonyl (C=O) groups excluding carboxylic acids is 2. The highest BCUT2D eigenvalue weighted by Gasteiger charge is 2.35. The van der Waals surface area contributed by atoms with Gasteiger partial charge >= 0.3 is 6.09 Å². The maximum Gasteiger partial charge on any atom is 0.410 e. The summed E-state index contributed by atoms with van der Waals surface area (Å²) in [7, 11) is 0. The van der Waals surface area contributed by atoms with Crippen molar-refractivity contribution in [3.05, 3.63) is 0 Å². The molecule has 0 radical (unpaired) electrons. The van der Waals surface area contributed by atoms with E-state index < -0.39 is 17.7 Å². The number of hydrogen-bond acceptors (Lipinski definition) is 3. The number of rotatable bonds is 1. The highest BCUT2D eigenvalue weighted by atomic mass is 16.6. The highest BCUT2D eigenvalue weighted by Crippen LogP contribution is 2.23. The zero-order valence-electron chi connectivity index (χ0n) is 10.5. The molecule has 1 heterocycles. The van der Waals surface area contributed by atoms with E-state index >= 15 is 0 Å². The molecule has 0 aliphatic carbocycles. The van der Waals surface area contributed by atoms with Crippen molar-refractivity contribution in [2.24, 2.45) is 5.92 Å². The molecule has 86 valence electrons. The summed E-state index contributed by atoms with van der Waals surface area (Å²) >= 11 is 0. The third-order valence-electron chi connectivity index (χ3n) is 2.22. The minimum atomic E-state index is -0.552. The van der Waals surface area contributed by atoms with Crippen molar-refractivity contribution in [1.82, 2.24) is 4.90 Å². The van der Waals surface area contributed by atoms with Crippen molar-refractivity contribution in [1.29, 1.82) is 0 Å². The molecule has 4 heteroatoms. The summed E-state index contributed by atoms with van der Waals surface area (Å²) < 4.78 is 12.5. The van der Waals surface area contributed by atoms with Crippen LogP contribution in [0.1, 0.15) is 35.5 Å². The Labute approximate surface area is 92.0 Å². The molecule has 1 saturated heterocycles. The van der Waals surface area contributed by atoms with Gasteiger partial charge in [0.2, 0.25) is 0 Å². The predicted molar refractivity (Wildman–Crippen MR) is 56.6 cm³/mol. The van der Waals surface area contributed by atoms with Gasteiger partial charge in [0.25, 0.3) is 0 Å². The van der Waals surface area contributed by atoms with Crippen molar-refractivity contribution in [2.45, 2.75) is 45.7 Å². The first kappa shape index (κ1) is 10.5. The first-order valence-electron chi connectivity index (χ1n) is 5.82. The molecule has 0 aromatic rings. The molecule has 0 N–H and O–H groups in total. The van der Waals surface area contributed by atoms with Crippen LogP contribution in [0.4, 0.5) is 4.79 Å². The van der Waals surface area contributed by atoms with Gasteiger partial charge in [-0.25, -0.2) is 4.79 Å². The molecule has 0 bridgehead atoms. The second kappa shape index (κ2) is 4.21. The third-order valence-corrected chi connectivity index (χ3v) is 2.22. The van der Waals surface area contributed by atoms with Gasteiger partial charge < -0.3 is 9.53 Å². The van der Waals surface area contributed by atoms with Crippen molar-refractivity contribution in [3.63, 3.8) is 0 Å². The molecule has 1 unspecified atom stereocenters. The fourth-order valence-electron chi connectivity index (χ4n) is 1.62. The molecule has 0 saturated carbocycles. The van der Waals surface area contributed by atoms with Crippen LogP contribution < -0.4 is 0 Å². The SMILES string of the molecule is [2H]CC1C[C@H](C=O)N(C(=O)OC(C)(C)C)C1. The average Bonchev–Trinajstić information content (AvgIpc) is 2.58. The topological polar surface area (TPSA) is 46.6 Å². The Bertz CT molecular complexity index is 275. The standard InChI is InChI=1S/C11H19NO3/c1-8-5-9(7-13)12(6-8)10(14)15-11(2,3)4/h7-9H,5-6H2,1-4H3/t8?,9-/m1/s1/i1D. The molecular weight excluding hydrogens is 194 g/mol. The van der Waals surface area contributed by atoms with E-state index in [1.807, 2.05) is 0 Å². The van der Waals surface area contributed by atoms with E-state index in [1.54, 1.807) is 20.8 Å². The second-order valence-electron chi connectivity index (χ2n) is 4.94. The van der Waals surface area contributed by atoms with Crippen LogP contribution in [0.5, 0.6) is 0 Å².